The summed E-state index contributed by atoms with van der Waals surface area (Å²) in [4.78, 5) is 28.0. The summed E-state index contributed by atoms with van der Waals surface area (Å²) in [5.74, 6) is -1.64. The van der Waals surface area contributed by atoms with E-state index >= 15 is 0 Å². The highest BCUT2D eigenvalue weighted by Gasteiger charge is 2.45. The molecule has 1 aliphatic heterocycles. The van der Waals surface area contributed by atoms with E-state index in [4.69, 9.17) is 4.42 Å². The van der Waals surface area contributed by atoms with Crippen LogP contribution in [0.1, 0.15) is 22.2 Å². The van der Waals surface area contributed by atoms with E-state index in [9.17, 15) is 14.7 Å². The molecular weight excluding hydrogens is 458 g/mol. The number of benzene rings is 3. The van der Waals surface area contributed by atoms with Gasteiger partial charge in [-0.1, -0.05) is 64.5 Å². The van der Waals surface area contributed by atoms with E-state index in [1.54, 1.807) is 36.4 Å². The van der Waals surface area contributed by atoms with Crippen molar-refractivity contribution in [3.63, 3.8) is 0 Å². The SMILES string of the molecule is O=C(C1=C(O)C(=O)N(c2ccccc2)C1c1ccc(Br)cc1)c1cc2ccccc2o1. The van der Waals surface area contributed by atoms with Crippen LogP contribution in [0, 0.1) is 0 Å². The van der Waals surface area contributed by atoms with E-state index in [1.807, 2.05) is 48.5 Å². The van der Waals surface area contributed by atoms with Gasteiger partial charge in [0.1, 0.15) is 5.58 Å². The van der Waals surface area contributed by atoms with Gasteiger partial charge in [-0.15, -0.1) is 0 Å². The summed E-state index contributed by atoms with van der Waals surface area (Å²) in [6.45, 7) is 0. The number of carbonyl (C=O) groups is 2. The highest BCUT2D eigenvalue weighted by molar-refractivity contribution is 9.10. The van der Waals surface area contributed by atoms with Gasteiger partial charge in [0.25, 0.3) is 5.91 Å². The molecule has 1 N–H and O–H groups in total. The third-order valence-electron chi connectivity index (χ3n) is 5.32. The monoisotopic (exact) mass is 473 g/mol. The Labute approximate surface area is 186 Å². The molecule has 5 nitrogen and oxygen atoms in total. The molecule has 0 fully saturated rings. The van der Waals surface area contributed by atoms with Crippen molar-refractivity contribution in [3.8, 4) is 0 Å². The summed E-state index contributed by atoms with van der Waals surface area (Å²) in [6, 6.07) is 24.4. The van der Waals surface area contributed by atoms with Gasteiger partial charge < -0.3 is 9.52 Å². The average molecular weight is 474 g/mol. The number of Topliss-reactive ketones (excluding diaryl/α,β-unsaturated/α-hetero) is 1. The molecule has 4 aromatic rings. The number of hydrogen-bond acceptors (Lipinski definition) is 4. The standard InChI is InChI=1S/C25H16BrNO4/c26-17-12-10-15(11-13-17)22-21(23(28)20-14-16-6-4-5-9-19(16)31-20)24(29)25(30)27(22)18-7-2-1-3-8-18/h1-14,22,29H. The van der Waals surface area contributed by atoms with Crippen LogP contribution in [-0.2, 0) is 4.79 Å². The van der Waals surface area contributed by atoms with E-state index in [0.29, 0.717) is 16.8 Å². The van der Waals surface area contributed by atoms with Gasteiger partial charge in [-0.25, -0.2) is 0 Å². The Balaban J connectivity index is 1.66. The molecule has 2 heterocycles. The number of furan rings is 1. The lowest BCUT2D eigenvalue weighted by Gasteiger charge is -2.26. The van der Waals surface area contributed by atoms with E-state index in [-0.39, 0.29) is 11.3 Å². The molecule has 152 valence electrons. The van der Waals surface area contributed by atoms with Crippen molar-refractivity contribution in [2.24, 2.45) is 0 Å². The lowest BCUT2D eigenvalue weighted by Crippen LogP contribution is -2.30. The van der Waals surface area contributed by atoms with Crippen LogP contribution < -0.4 is 4.90 Å². The van der Waals surface area contributed by atoms with Gasteiger partial charge in [0.2, 0.25) is 5.78 Å². The first-order valence-corrected chi connectivity index (χ1v) is 10.4. The minimum Gasteiger partial charge on any atom is -0.503 e. The first kappa shape index (κ1) is 19.3. The normalized spacial score (nSPS) is 16.4. The number of carbonyl (C=O) groups excluding carboxylic acids is 2. The van der Waals surface area contributed by atoms with Crippen molar-refractivity contribution in [2.75, 3.05) is 4.90 Å². The maximum atomic E-state index is 13.5. The fraction of sp³-hybridized carbons (Fsp3) is 0.0400. The third-order valence-corrected chi connectivity index (χ3v) is 5.85. The van der Waals surface area contributed by atoms with E-state index < -0.39 is 23.5 Å². The van der Waals surface area contributed by atoms with Crippen LogP contribution in [-0.4, -0.2) is 16.8 Å². The lowest BCUT2D eigenvalue weighted by atomic mass is 9.95. The van der Waals surface area contributed by atoms with Crippen LogP contribution in [0.4, 0.5) is 5.69 Å². The van der Waals surface area contributed by atoms with Gasteiger partial charge >= 0.3 is 0 Å². The smallest absolute Gasteiger partial charge is 0.294 e. The lowest BCUT2D eigenvalue weighted by molar-refractivity contribution is -0.117. The number of rotatable bonds is 4. The Kier molecular flexibility index (Phi) is 4.71. The molecule has 0 radical (unpaired) electrons. The number of ketones is 1. The minimum absolute atomic E-state index is 0.00442. The zero-order chi connectivity index (χ0) is 21.5. The first-order chi connectivity index (χ1) is 15.0. The summed E-state index contributed by atoms with van der Waals surface area (Å²) < 4.78 is 6.60. The average Bonchev–Trinajstić information content (AvgIpc) is 3.34. The van der Waals surface area contributed by atoms with Gasteiger partial charge in [0.05, 0.1) is 11.6 Å². The van der Waals surface area contributed by atoms with Crippen LogP contribution in [0.15, 0.2) is 105 Å². The summed E-state index contributed by atoms with van der Waals surface area (Å²) >= 11 is 3.41. The first-order valence-electron chi connectivity index (χ1n) is 9.65. The van der Waals surface area contributed by atoms with Gasteiger partial charge in [0, 0.05) is 15.5 Å². The summed E-state index contributed by atoms with van der Waals surface area (Å²) in [5, 5.41) is 11.6. The van der Waals surface area contributed by atoms with Crippen LogP contribution >= 0.6 is 15.9 Å². The van der Waals surface area contributed by atoms with Crippen molar-refractivity contribution in [1.29, 1.82) is 0 Å². The van der Waals surface area contributed by atoms with Crippen molar-refractivity contribution in [3.05, 3.63) is 112 Å². The predicted octanol–water partition coefficient (Wildman–Crippen LogP) is 5.98. The van der Waals surface area contributed by atoms with Gasteiger partial charge in [-0.3, -0.25) is 14.5 Å². The zero-order valence-electron chi connectivity index (χ0n) is 16.2. The maximum Gasteiger partial charge on any atom is 0.294 e. The fourth-order valence-electron chi connectivity index (χ4n) is 3.88. The minimum atomic E-state index is -0.788. The number of nitrogens with zero attached hydrogens (tertiary/aromatic N) is 1. The van der Waals surface area contributed by atoms with Crippen molar-refractivity contribution >= 4 is 44.3 Å². The van der Waals surface area contributed by atoms with Crippen molar-refractivity contribution in [2.45, 2.75) is 6.04 Å². The van der Waals surface area contributed by atoms with Crippen LogP contribution in [0.3, 0.4) is 0 Å². The van der Waals surface area contributed by atoms with Crippen LogP contribution in [0.5, 0.6) is 0 Å². The molecule has 1 atom stereocenters. The van der Waals surface area contributed by atoms with Crippen LogP contribution in [0.25, 0.3) is 11.0 Å². The molecule has 1 aliphatic rings. The molecule has 1 aromatic heterocycles. The predicted molar refractivity (Wildman–Crippen MR) is 121 cm³/mol. The molecule has 6 heteroatoms. The van der Waals surface area contributed by atoms with Crippen LogP contribution in [0.2, 0.25) is 0 Å². The molecule has 1 unspecified atom stereocenters. The van der Waals surface area contributed by atoms with Gasteiger partial charge in [0.15, 0.2) is 11.5 Å². The highest BCUT2D eigenvalue weighted by atomic mass is 79.9. The maximum absolute atomic E-state index is 13.5. The molecule has 0 aliphatic carbocycles. The number of aliphatic hydroxyl groups excluding tert-OH is 1. The second-order valence-electron chi connectivity index (χ2n) is 7.20. The summed E-state index contributed by atoms with van der Waals surface area (Å²) in [6.07, 6.45) is 0. The second-order valence-corrected chi connectivity index (χ2v) is 8.12. The van der Waals surface area contributed by atoms with Crippen molar-refractivity contribution in [1.82, 2.24) is 0 Å². The zero-order valence-corrected chi connectivity index (χ0v) is 17.7. The van der Waals surface area contributed by atoms with Gasteiger partial charge in [-0.05, 0) is 42.0 Å². The Morgan fingerprint density at radius 3 is 2.32 bits per heavy atom. The number of para-hydroxylation sites is 2. The molecule has 0 bridgehead atoms. The quantitative estimate of drug-likeness (QED) is 0.370. The molecule has 3 aromatic carbocycles. The summed E-state index contributed by atoms with van der Waals surface area (Å²) in [5.41, 5.74) is 1.84. The molecule has 5 rings (SSSR count). The molecule has 0 saturated carbocycles. The summed E-state index contributed by atoms with van der Waals surface area (Å²) in [7, 11) is 0. The number of fused-ring (bicyclic) bond motifs is 1. The highest BCUT2D eigenvalue weighted by Crippen LogP contribution is 2.42. The number of amides is 1. The third kappa shape index (κ3) is 3.25. The Morgan fingerprint density at radius 2 is 1.61 bits per heavy atom. The molecule has 1 amide bonds. The molecule has 0 saturated heterocycles. The number of aliphatic hydroxyl groups is 1. The van der Waals surface area contributed by atoms with E-state index in [1.165, 1.54) is 4.90 Å². The second kappa shape index (κ2) is 7.56. The largest absolute Gasteiger partial charge is 0.503 e. The van der Waals surface area contributed by atoms with Crippen molar-refractivity contribution < 1.29 is 19.1 Å². The molecule has 31 heavy (non-hydrogen) atoms. The van der Waals surface area contributed by atoms with E-state index in [0.717, 1.165) is 9.86 Å². The topological polar surface area (TPSA) is 70.8 Å². The molecule has 0 spiro atoms. The fourth-order valence-corrected chi connectivity index (χ4v) is 4.14. The Bertz CT molecular complexity index is 1310. The van der Waals surface area contributed by atoms with E-state index in [2.05, 4.69) is 15.9 Å². The van der Waals surface area contributed by atoms with Gasteiger partial charge in [-0.2, -0.15) is 0 Å². The number of halogens is 1. The molecular formula is C25H16BrNO4. The Morgan fingerprint density at radius 1 is 0.935 bits per heavy atom. The number of hydrogen-bond donors (Lipinski definition) is 1. The Hall–Kier alpha value is -3.64. The number of anilines is 1.